The van der Waals surface area contributed by atoms with Gasteiger partial charge in [-0.15, -0.1) is 11.3 Å². The summed E-state index contributed by atoms with van der Waals surface area (Å²) in [5.74, 6) is 0. The summed E-state index contributed by atoms with van der Waals surface area (Å²) in [5.41, 5.74) is 2.35. The minimum Gasteiger partial charge on any atom is -0.368 e. The van der Waals surface area contributed by atoms with Crippen molar-refractivity contribution in [2.24, 2.45) is 0 Å². The number of halogens is 1. The zero-order valence-electron chi connectivity index (χ0n) is 13.8. The van der Waals surface area contributed by atoms with Crippen LogP contribution < -0.4 is 0 Å². The van der Waals surface area contributed by atoms with Crippen LogP contribution in [-0.4, -0.2) is 13.3 Å². The maximum Gasteiger partial charge on any atom is 0.208 e. The Morgan fingerprint density at radius 3 is 2.58 bits per heavy atom. The van der Waals surface area contributed by atoms with Crippen molar-refractivity contribution in [3.63, 3.8) is 0 Å². The first-order valence-electron chi connectivity index (χ1n) is 8.11. The van der Waals surface area contributed by atoms with Gasteiger partial charge in [0.1, 0.15) is 0 Å². The molecule has 0 fully saturated rings. The van der Waals surface area contributed by atoms with Crippen molar-refractivity contribution in [2.45, 2.75) is 22.9 Å². The van der Waals surface area contributed by atoms with E-state index in [2.05, 4.69) is 28.6 Å². The Labute approximate surface area is 162 Å². The molecule has 6 heteroatoms. The first-order valence-corrected chi connectivity index (χ1v) is 10.9. The second-order valence-corrected chi connectivity index (χ2v) is 9.42. The lowest BCUT2D eigenvalue weighted by molar-refractivity contribution is 0.363. The molecule has 0 radical (unpaired) electrons. The van der Waals surface area contributed by atoms with E-state index in [9.17, 15) is 8.42 Å². The van der Waals surface area contributed by atoms with Crippen LogP contribution in [0.5, 0.6) is 0 Å². The maximum atomic E-state index is 12.8. The lowest BCUT2D eigenvalue weighted by atomic mass is 10.1. The number of benzene rings is 2. The first-order chi connectivity index (χ1) is 12.5. The molecule has 1 aliphatic rings. The van der Waals surface area contributed by atoms with Crippen molar-refractivity contribution in [1.29, 1.82) is 0 Å². The molecule has 132 valence electrons. The molecule has 1 aromatic heterocycles. The van der Waals surface area contributed by atoms with E-state index in [4.69, 9.17) is 11.6 Å². The highest BCUT2D eigenvalue weighted by atomic mass is 35.5. The first kappa shape index (κ1) is 17.3. The molecule has 0 saturated heterocycles. The van der Waals surface area contributed by atoms with E-state index < -0.39 is 9.84 Å². The second-order valence-electron chi connectivity index (χ2n) is 6.10. The summed E-state index contributed by atoms with van der Waals surface area (Å²) in [6.07, 6.45) is 4.20. The van der Waals surface area contributed by atoms with Gasteiger partial charge in [-0.3, -0.25) is 0 Å². The average Bonchev–Trinajstić information content (AvgIpc) is 3.10. The molecular weight excluding hydrogens is 386 g/mol. The summed E-state index contributed by atoms with van der Waals surface area (Å²) < 4.78 is 25.5. The fourth-order valence-electron chi connectivity index (χ4n) is 2.96. The van der Waals surface area contributed by atoms with Gasteiger partial charge in [0.2, 0.25) is 9.84 Å². The largest absolute Gasteiger partial charge is 0.368 e. The van der Waals surface area contributed by atoms with E-state index in [0.29, 0.717) is 0 Å². The van der Waals surface area contributed by atoms with E-state index in [1.807, 2.05) is 12.1 Å². The summed E-state index contributed by atoms with van der Waals surface area (Å²) in [6.45, 7) is 1.61. The van der Waals surface area contributed by atoms with Crippen molar-refractivity contribution in [3.8, 4) is 0 Å². The summed E-state index contributed by atoms with van der Waals surface area (Å²) in [5, 5.41) is 2.34. The number of thiophene rings is 1. The van der Waals surface area contributed by atoms with Gasteiger partial charge in [0.25, 0.3) is 0 Å². The van der Waals surface area contributed by atoms with Crippen LogP contribution in [0.25, 0.3) is 6.08 Å². The fraction of sp³-hybridized carbons (Fsp3) is 0.100. The lowest BCUT2D eigenvalue weighted by Crippen LogP contribution is -2.18. The van der Waals surface area contributed by atoms with E-state index in [1.165, 1.54) is 16.5 Å². The van der Waals surface area contributed by atoms with Crippen molar-refractivity contribution >= 4 is 38.9 Å². The highest BCUT2D eigenvalue weighted by molar-refractivity contribution is 7.91. The van der Waals surface area contributed by atoms with Crippen LogP contribution in [0.4, 0.5) is 0 Å². The van der Waals surface area contributed by atoms with Gasteiger partial charge in [0, 0.05) is 17.6 Å². The molecular formula is C20H16ClNO2S2. The van der Waals surface area contributed by atoms with Crippen LogP contribution in [0.1, 0.15) is 16.0 Å². The molecule has 0 spiro atoms. The molecule has 0 aliphatic carbocycles. The molecule has 26 heavy (non-hydrogen) atoms. The zero-order chi connectivity index (χ0) is 18.1. The molecule has 2 aromatic carbocycles. The van der Waals surface area contributed by atoms with Crippen LogP contribution in [-0.2, 0) is 22.9 Å². The van der Waals surface area contributed by atoms with Crippen LogP contribution in [0, 0.1) is 0 Å². The third kappa shape index (κ3) is 3.30. The molecule has 1 aliphatic heterocycles. The Hall–Kier alpha value is -2.08. The Bertz CT molecular complexity index is 1070. The van der Waals surface area contributed by atoms with Gasteiger partial charge >= 0.3 is 0 Å². The third-order valence-electron chi connectivity index (χ3n) is 4.34. The van der Waals surface area contributed by atoms with Gasteiger partial charge in [-0.25, -0.2) is 8.42 Å². The van der Waals surface area contributed by atoms with E-state index >= 15 is 0 Å². The Morgan fingerprint density at radius 1 is 1.04 bits per heavy atom. The van der Waals surface area contributed by atoms with Crippen molar-refractivity contribution < 1.29 is 8.42 Å². The summed E-state index contributed by atoms with van der Waals surface area (Å²) in [7, 11) is -3.61. The molecule has 0 amide bonds. The van der Waals surface area contributed by atoms with Gasteiger partial charge in [-0.05, 0) is 52.9 Å². The van der Waals surface area contributed by atoms with Gasteiger partial charge < -0.3 is 4.90 Å². The van der Waals surface area contributed by atoms with E-state index in [0.717, 1.165) is 18.7 Å². The standard InChI is InChI=1S/C20H16ClNO2S2/c21-18-3-1-2-4-20(18)26(23,24)17-7-5-15(6-8-17)13-22-11-9-16-10-12-25-19(16)14-22/h1-12H,13-14H2. The number of hydrogen-bond acceptors (Lipinski definition) is 4. The average molecular weight is 402 g/mol. The van der Waals surface area contributed by atoms with Gasteiger partial charge in [0.15, 0.2) is 0 Å². The fourth-order valence-corrected chi connectivity index (χ4v) is 5.62. The molecule has 0 N–H and O–H groups in total. The lowest BCUT2D eigenvalue weighted by Gasteiger charge is -2.23. The monoisotopic (exact) mass is 401 g/mol. The quantitative estimate of drug-likeness (QED) is 0.601. The molecule has 3 aromatic rings. The Kier molecular flexibility index (Phi) is 4.61. The molecule has 0 saturated carbocycles. The van der Waals surface area contributed by atoms with Crippen LogP contribution in [0.2, 0.25) is 5.02 Å². The number of rotatable bonds is 4. The van der Waals surface area contributed by atoms with Crippen LogP contribution >= 0.6 is 22.9 Å². The Morgan fingerprint density at radius 2 is 1.81 bits per heavy atom. The molecule has 0 unspecified atom stereocenters. The van der Waals surface area contributed by atoms with Crippen molar-refractivity contribution in [3.05, 3.63) is 87.2 Å². The second kappa shape index (κ2) is 6.91. The normalized spacial score (nSPS) is 13.7. The molecule has 2 heterocycles. The zero-order valence-corrected chi connectivity index (χ0v) is 16.2. The van der Waals surface area contributed by atoms with Crippen molar-refractivity contribution in [1.82, 2.24) is 4.90 Å². The Balaban J connectivity index is 1.53. The molecule has 4 rings (SSSR count). The van der Waals surface area contributed by atoms with Gasteiger partial charge in [0.05, 0.1) is 21.4 Å². The van der Waals surface area contributed by atoms with Gasteiger partial charge in [-0.1, -0.05) is 35.9 Å². The van der Waals surface area contributed by atoms with E-state index in [1.54, 1.807) is 41.7 Å². The van der Waals surface area contributed by atoms with Crippen LogP contribution in [0.15, 0.2) is 76.0 Å². The number of hydrogen-bond donors (Lipinski definition) is 0. The summed E-state index contributed by atoms with van der Waals surface area (Å²) >= 11 is 7.82. The van der Waals surface area contributed by atoms with E-state index in [-0.39, 0.29) is 14.8 Å². The maximum absolute atomic E-state index is 12.8. The van der Waals surface area contributed by atoms with Gasteiger partial charge in [-0.2, -0.15) is 0 Å². The third-order valence-corrected chi connectivity index (χ3v) is 7.53. The number of sulfone groups is 1. The highest BCUT2D eigenvalue weighted by Crippen LogP contribution is 2.28. The molecule has 0 atom stereocenters. The topological polar surface area (TPSA) is 37.4 Å². The van der Waals surface area contributed by atoms with Crippen molar-refractivity contribution in [2.75, 3.05) is 0 Å². The predicted octanol–water partition coefficient (Wildman–Crippen LogP) is 5.22. The highest BCUT2D eigenvalue weighted by Gasteiger charge is 2.20. The number of fused-ring (bicyclic) bond motifs is 1. The minimum absolute atomic E-state index is 0.138. The minimum atomic E-state index is -3.61. The summed E-state index contributed by atoms with van der Waals surface area (Å²) in [6, 6.07) is 15.7. The smallest absolute Gasteiger partial charge is 0.208 e. The summed E-state index contributed by atoms with van der Waals surface area (Å²) in [4.78, 5) is 3.96. The SMILES string of the molecule is O=S(=O)(c1ccc(CN2C=Cc3ccsc3C2)cc1)c1ccccc1Cl. The van der Waals surface area contributed by atoms with Crippen LogP contribution in [0.3, 0.4) is 0 Å². The predicted molar refractivity (Wildman–Crippen MR) is 106 cm³/mol. The molecule has 3 nitrogen and oxygen atoms in total. The number of nitrogens with zero attached hydrogens (tertiary/aromatic N) is 1. The molecule has 0 bridgehead atoms.